The Morgan fingerprint density at radius 3 is 2.11 bits per heavy atom. The number of ketones is 1. The molecule has 1 amide bonds. The lowest BCUT2D eigenvalue weighted by Crippen LogP contribution is -2.17. The van der Waals surface area contributed by atoms with Gasteiger partial charge in [0.2, 0.25) is 5.91 Å². The van der Waals surface area contributed by atoms with Crippen LogP contribution in [0.25, 0.3) is 0 Å². The Balaban J connectivity index is 2.65. The summed E-state index contributed by atoms with van der Waals surface area (Å²) in [6.07, 6.45) is -4.94. The maximum Gasteiger partial charge on any atom is 0.573 e. The van der Waals surface area contributed by atoms with Gasteiger partial charge < -0.3 is 10.5 Å². The molecule has 0 saturated heterocycles. The van der Waals surface area contributed by atoms with Crippen LogP contribution in [0.2, 0.25) is 0 Å². The molecule has 1 aromatic carbocycles. The third-order valence-corrected chi connectivity index (χ3v) is 2.01. The minimum absolute atomic E-state index is 0.0746. The van der Waals surface area contributed by atoms with Crippen molar-refractivity contribution in [3.8, 4) is 5.75 Å². The molecule has 0 aliphatic heterocycles. The van der Waals surface area contributed by atoms with E-state index in [4.69, 9.17) is 5.73 Å². The SMILES string of the molecule is NC(=O)CCC(=O)c1ccc(OC(F)(F)F)cc1. The van der Waals surface area contributed by atoms with Gasteiger partial charge in [0, 0.05) is 18.4 Å². The first-order chi connectivity index (χ1) is 8.28. The standard InChI is InChI=1S/C11H10F3NO3/c12-11(13,14)18-8-3-1-7(2-4-8)9(16)5-6-10(15)17/h1-4H,5-6H2,(H2,15,17). The van der Waals surface area contributed by atoms with Crippen molar-refractivity contribution in [3.05, 3.63) is 29.8 Å². The molecule has 0 heterocycles. The van der Waals surface area contributed by atoms with E-state index in [-0.39, 0.29) is 24.2 Å². The first-order valence-corrected chi connectivity index (χ1v) is 4.95. The van der Waals surface area contributed by atoms with Gasteiger partial charge in [0.1, 0.15) is 5.75 Å². The van der Waals surface area contributed by atoms with E-state index in [0.29, 0.717) is 0 Å². The molecule has 18 heavy (non-hydrogen) atoms. The zero-order valence-corrected chi connectivity index (χ0v) is 9.16. The summed E-state index contributed by atoms with van der Waals surface area (Å²) in [5.74, 6) is -1.39. The van der Waals surface area contributed by atoms with E-state index >= 15 is 0 Å². The smallest absolute Gasteiger partial charge is 0.406 e. The minimum atomic E-state index is -4.77. The Morgan fingerprint density at radius 2 is 1.67 bits per heavy atom. The molecule has 0 atom stereocenters. The minimum Gasteiger partial charge on any atom is -0.406 e. The molecule has 0 unspecified atom stereocenters. The highest BCUT2D eigenvalue weighted by Gasteiger charge is 2.31. The highest BCUT2D eigenvalue weighted by atomic mass is 19.4. The summed E-state index contributed by atoms with van der Waals surface area (Å²) in [7, 11) is 0. The number of hydrogen-bond acceptors (Lipinski definition) is 3. The maximum absolute atomic E-state index is 11.9. The molecule has 7 heteroatoms. The van der Waals surface area contributed by atoms with Crippen LogP contribution in [0.4, 0.5) is 13.2 Å². The topological polar surface area (TPSA) is 69.4 Å². The van der Waals surface area contributed by atoms with Crippen LogP contribution in [0.1, 0.15) is 23.2 Å². The van der Waals surface area contributed by atoms with Crippen molar-refractivity contribution in [1.29, 1.82) is 0 Å². The second-order valence-corrected chi connectivity index (χ2v) is 3.46. The molecular weight excluding hydrogens is 251 g/mol. The van der Waals surface area contributed by atoms with Crippen molar-refractivity contribution in [2.45, 2.75) is 19.2 Å². The number of amides is 1. The summed E-state index contributed by atoms with van der Waals surface area (Å²) in [5.41, 5.74) is 5.08. The van der Waals surface area contributed by atoms with Crippen LogP contribution in [0.3, 0.4) is 0 Å². The van der Waals surface area contributed by atoms with Crippen molar-refractivity contribution in [2.75, 3.05) is 0 Å². The monoisotopic (exact) mass is 261 g/mol. The molecule has 1 aromatic rings. The van der Waals surface area contributed by atoms with Gasteiger partial charge in [-0.2, -0.15) is 0 Å². The lowest BCUT2D eigenvalue weighted by Gasteiger charge is -2.08. The first-order valence-electron chi connectivity index (χ1n) is 4.95. The number of Topliss-reactive ketones (excluding diaryl/α,β-unsaturated/α-hetero) is 1. The van der Waals surface area contributed by atoms with Crippen LogP contribution in [0.5, 0.6) is 5.75 Å². The summed E-state index contributed by atoms with van der Waals surface area (Å²) < 4.78 is 39.3. The fourth-order valence-electron chi connectivity index (χ4n) is 1.22. The summed E-state index contributed by atoms with van der Waals surface area (Å²) in [6.45, 7) is 0. The number of carbonyl (C=O) groups excluding carboxylic acids is 2. The molecule has 0 radical (unpaired) electrons. The Kier molecular flexibility index (Phi) is 4.30. The van der Waals surface area contributed by atoms with E-state index in [9.17, 15) is 22.8 Å². The average molecular weight is 261 g/mol. The van der Waals surface area contributed by atoms with E-state index in [2.05, 4.69) is 4.74 Å². The zero-order valence-electron chi connectivity index (χ0n) is 9.16. The second kappa shape index (κ2) is 5.52. The fourth-order valence-corrected chi connectivity index (χ4v) is 1.22. The van der Waals surface area contributed by atoms with Crippen LogP contribution < -0.4 is 10.5 Å². The van der Waals surface area contributed by atoms with Gasteiger partial charge >= 0.3 is 6.36 Å². The van der Waals surface area contributed by atoms with Crippen LogP contribution >= 0.6 is 0 Å². The van der Waals surface area contributed by atoms with Crippen LogP contribution in [-0.2, 0) is 4.79 Å². The quantitative estimate of drug-likeness (QED) is 0.824. The average Bonchev–Trinajstić information content (AvgIpc) is 2.24. The van der Waals surface area contributed by atoms with E-state index in [1.165, 1.54) is 12.1 Å². The van der Waals surface area contributed by atoms with Crippen molar-refractivity contribution < 1.29 is 27.5 Å². The highest BCUT2D eigenvalue weighted by Crippen LogP contribution is 2.23. The lowest BCUT2D eigenvalue weighted by molar-refractivity contribution is -0.274. The predicted molar refractivity (Wildman–Crippen MR) is 55.9 cm³/mol. The molecule has 0 aromatic heterocycles. The lowest BCUT2D eigenvalue weighted by atomic mass is 10.1. The van der Waals surface area contributed by atoms with E-state index in [0.717, 1.165) is 12.1 Å². The number of nitrogens with two attached hydrogens (primary N) is 1. The molecule has 0 aliphatic carbocycles. The van der Waals surface area contributed by atoms with E-state index in [1.54, 1.807) is 0 Å². The molecule has 98 valence electrons. The van der Waals surface area contributed by atoms with Gasteiger partial charge in [-0.05, 0) is 24.3 Å². The number of carbonyl (C=O) groups is 2. The Morgan fingerprint density at radius 1 is 1.11 bits per heavy atom. The Bertz CT molecular complexity index is 440. The molecule has 2 N–H and O–H groups in total. The maximum atomic E-state index is 11.9. The number of halogens is 3. The van der Waals surface area contributed by atoms with Crippen molar-refractivity contribution in [2.24, 2.45) is 5.73 Å². The molecule has 0 spiro atoms. The number of alkyl halides is 3. The summed E-state index contributed by atoms with van der Waals surface area (Å²) >= 11 is 0. The van der Waals surface area contributed by atoms with Gasteiger partial charge in [-0.3, -0.25) is 9.59 Å². The molecule has 1 rings (SSSR count). The fraction of sp³-hybridized carbons (Fsp3) is 0.273. The molecule has 0 aliphatic rings. The Hall–Kier alpha value is -2.05. The first kappa shape index (κ1) is 14.0. The molecule has 0 bridgehead atoms. The van der Waals surface area contributed by atoms with Crippen LogP contribution in [0.15, 0.2) is 24.3 Å². The van der Waals surface area contributed by atoms with Gasteiger partial charge in [-0.15, -0.1) is 13.2 Å². The largest absolute Gasteiger partial charge is 0.573 e. The normalized spacial score (nSPS) is 11.1. The summed E-state index contributed by atoms with van der Waals surface area (Å²) in [5, 5.41) is 0. The van der Waals surface area contributed by atoms with Gasteiger partial charge in [0.25, 0.3) is 0 Å². The van der Waals surface area contributed by atoms with E-state index in [1.807, 2.05) is 0 Å². The summed E-state index contributed by atoms with van der Waals surface area (Å²) in [4.78, 5) is 21.9. The number of hydrogen-bond donors (Lipinski definition) is 1. The van der Waals surface area contributed by atoms with Gasteiger partial charge in [-0.1, -0.05) is 0 Å². The van der Waals surface area contributed by atoms with Crippen LogP contribution in [-0.4, -0.2) is 18.1 Å². The van der Waals surface area contributed by atoms with Gasteiger partial charge in [0.15, 0.2) is 5.78 Å². The Labute approximate surface area is 101 Å². The second-order valence-electron chi connectivity index (χ2n) is 3.46. The predicted octanol–water partition coefficient (Wildman–Crippen LogP) is 2.03. The number of benzene rings is 1. The molecule has 0 fully saturated rings. The molecular formula is C11H10F3NO3. The van der Waals surface area contributed by atoms with Gasteiger partial charge in [-0.25, -0.2) is 0 Å². The zero-order chi connectivity index (χ0) is 13.8. The number of primary amides is 1. The van der Waals surface area contributed by atoms with Crippen molar-refractivity contribution >= 4 is 11.7 Å². The third kappa shape index (κ3) is 4.86. The summed E-state index contributed by atoms with van der Waals surface area (Å²) in [6, 6.07) is 4.46. The molecule has 4 nitrogen and oxygen atoms in total. The van der Waals surface area contributed by atoms with E-state index < -0.39 is 18.0 Å². The van der Waals surface area contributed by atoms with Crippen molar-refractivity contribution in [1.82, 2.24) is 0 Å². The third-order valence-electron chi connectivity index (χ3n) is 2.01. The van der Waals surface area contributed by atoms with Gasteiger partial charge in [0.05, 0.1) is 0 Å². The number of ether oxygens (including phenoxy) is 1. The number of rotatable bonds is 5. The van der Waals surface area contributed by atoms with Crippen molar-refractivity contribution in [3.63, 3.8) is 0 Å². The molecule has 0 saturated carbocycles. The highest BCUT2D eigenvalue weighted by molar-refractivity contribution is 5.97. The van der Waals surface area contributed by atoms with Crippen LogP contribution in [0, 0.1) is 0 Å².